The molecule has 8 heteroatoms. The highest BCUT2D eigenvalue weighted by Gasteiger charge is 2.21. The summed E-state index contributed by atoms with van der Waals surface area (Å²) in [4.78, 5) is 21.0. The highest BCUT2D eigenvalue weighted by Crippen LogP contribution is 2.23. The van der Waals surface area contributed by atoms with Gasteiger partial charge in [-0.1, -0.05) is 0 Å². The highest BCUT2D eigenvalue weighted by molar-refractivity contribution is 5.51. The van der Waals surface area contributed by atoms with Crippen LogP contribution in [0.4, 0.5) is 11.6 Å². The van der Waals surface area contributed by atoms with Gasteiger partial charge in [0.25, 0.3) is 0 Å². The predicted molar refractivity (Wildman–Crippen MR) is 101 cm³/mol. The number of piperidine rings is 1. The van der Waals surface area contributed by atoms with E-state index in [2.05, 4.69) is 35.8 Å². The Morgan fingerprint density at radius 3 is 2.15 bits per heavy atom. The summed E-state index contributed by atoms with van der Waals surface area (Å²) in [5.41, 5.74) is 0. The molecule has 0 saturated carbocycles. The Bertz CT molecular complexity index is 729. The van der Waals surface area contributed by atoms with E-state index < -0.39 is 0 Å². The van der Waals surface area contributed by atoms with Crippen molar-refractivity contribution in [3.05, 3.63) is 24.0 Å². The lowest BCUT2D eigenvalue weighted by molar-refractivity contribution is 0.240. The second-order valence-corrected chi connectivity index (χ2v) is 7.24. The molecule has 8 nitrogen and oxygen atoms in total. The van der Waals surface area contributed by atoms with Crippen LogP contribution in [0, 0.1) is 6.92 Å². The number of hydrogen-bond donors (Lipinski definition) is 0. The molecule has 0 radical (unpaired) electrons. The third kappa shape index (κ3) is 3.80. The number of rotatable bonds is 4. The Morgan fingerprint density at radius 2 is 1.54 bits per heavy atom. The van der Waals surface area contributed by atoms with E-state index in [-0.39, 0.29) is 0 Å². The van der Waals surface area contributed by atoms with Gasteiger partial charge in [0.1, 0.15) is 29.6 Å². The first-order valence-electron chi connectivity index (χ1n) is 9.60. The second kappa shape index (κ2) is 7.57. The smallest absolute Gasteiger partial charge is 0.140 e. The summed E-state index contributed by atoms with van der Waals surface area (Å²) in [6.45, 7) is 9.06. The Labute approximate surface area is 154 Å². The van der Waals surface area contributed by atoms with Gasteiger partial charge >= 0.3 is 0 Å². The summed E-state index contributed by atoms with van der Waals surface area (Å²) in [5, 5.41) is 4.16. The molecule has 2 fully saturated rings. The first-order valence-corrected chi connectivity index (χ1v) is 9.60. The molecule has 4 heterocycles. The van der Waals surface area contributed by atoms with E-state index in [4.69, 9.17) is 4.98 Å². The minimum Gasteiger partial charge on any atom is -0.356 e. The minimum absolute atomic E-state index is 0.853. The SMILES string of the molecule is Cc1nc(N2CCCCC2)cc(N2CCN(Cc3ncnn3C)CC2)n1. The van der Waals surface area contributed by atoms with Crippen molar-refractivity contribution in [3.63, 3.8) is 0 Å². The quantitative estimate of drug-likeness (QED) is 0.816. The molecular formula is C18H28N8. The van der Waals surface area contributed by atoms with Crippen molar-refractivity contribution >= 4 is 11.6 Å². The van der Waals surface area contributed by atoms with Gasteiger partial charge in [0, 0.05) is 52.4 Å². The summed E-state index contributed by atoms with van der Waals surface area (Å²) >= 11 is 0. The molecular weight excluding hydrogens is 328 g/mol. The first-order chi connectivity index (χ1) is 12.7. The van der Waals surface area contributed by atoms with Crippen LogP contribution in [-0.4, -0.2) is 68.9 Å². The van der Waals surface area contributed by atoms with Gasteiger partial charge in [0.05, 0.1) is 6.54 Å². The summed E-state index contributed by atoms with van der Waals surface area (Å²) in [6.07, 6.45) is 5.48. The Hall–Kier alpha value is -2.22. The molecule has 0 bridgehead atoms. The molecule has 2 aliphatic rings. The normalized spacial score (nSPS) is 19.2. The van der Waals surface area contributed by atoms with Gasteiger partial charge in [0.15, 0.2) is 0 Å². The summed E-state index contributed by atoms with van der Waals surface area (Å²) in [5.74, 6) is 4.04. The lowest BCUT2D eigenvalue weighted by atomic mass is 10.1. The van der Waals surface area contributed by atoms with E-state index in [0.29, 0.717) is 0 Å². The van der Waals surface area contributed by atoms with E-state index in [9.17, 15) is 0 Å². The van der Waals surface area contributed by atoms with Crippen LogP contribution in [0.15, 0.2) is 12.4 Å². The lowest BCUT2D eigenvalue weighted by Gasteiger charge is -2.36. The zero-order valence-electron chi connectivity index (χ0n) is 15.8. The maximum atomic E-state index is 4.71. The van der Waals surface area contributed by atoms with E-state index in [0.717, 1.165) is 69.1 Å². The molecule has 2 aromatic rings. The van der Waals surface area contributed by atoms with Gasteiger partial charge in [-0.05, 0) is 26.2 Å². The van der Waals surface area contributed by atoms with E-state index in [1.165, 1.54) is 19.3 Å². The standard InChI is InChI=1S/C18H28N8/c1-15-21-16(25-6-4-3-5-7-25)12-17(22-15)26-10-8-24(9-11-26)13-18-19-14-20-23(18)2/h12,14H,3-11,13H2,1-2H3. The van der Waals surface area contributed by atoms with Crippen LogP contribution >= 0.6 is 0 Å². The van der Waals surface area contributed by atoms with Crippen LogP contribution in [0.1, 0.15) is 30.9 Å². The molecule has 0 atom stereocenters. The average Bonchev–Trinajstić information content (AvgIpc) is 3.07. The van der Waals surface area contributed by atoms with Crippen LogP contribution in [0.2, 0.25) is 0 Å². The zero-order chi connectivity index (χ0) is 17.9. The van der Waals surface area contributed by atoms with Gasteiger partial charge in [-0.2, -0.15) is 5.10 Å². The average molecular weight is 356 g/mol. The number of piperazine rings is 1. The van der Waals surface area contributed by atoms with Crippen molar-refractivity contribution in [1.29, 1.82) is 0 Å². The van der Waals surface area contributed by atoms with Gasteiger partial charge in [-0.25, -0.2) is 15.0 Å². The maximum absolute atomic E-state index is 4.71. The van der Waals surface area contributed by atoms with Gasteiger partial charge in [-0.3, -0.25) is 9.58 Å². The molecule has 0 N–H and O–H groups in total. The molecule has 140 valence electrons. The fraction of sp³-hybridized carbons (Fsp3) is 0.667. The Morgan fingerprint density at radius 1 is 0.885 bits per heavy atom. The lowest BCUT2D eigenvalue weighted by Crippen LogP contribution is -2.46. The van der Waals surface area contributed by atoms with Crippen LogP contribution in [0.25, 0.3) is 0 Å². The van der Waals surface area contributed by atoms with Crippen molar-refractivity contribution in [2.45, 2.75) is 32.7 Å². The van der Waals surface area contributed by atoms with Crippen molar-refractivity contribution < 1.29 is 0 Å². The van der Waals surface area contributed by atoms with Gasteiger partial charge in [0.2, 0.25) is 0 Å². The summed E-state index contributed by atoms with van der Waals surface area (Å²) in [6, 6.07) is 2.18. The maximum Gasteiger partial charge on any atom is 0.140 e. The van der Waals surface area contributed by atoms with Crippen LogP contribution in [0.5, 0.6) is 0 Å². The molecule has 2 saturated heterocycles. The number of hydrogen-bond acceptors (Lipinski definition) is 7. The highest BCUT2D eigenvalue weighted by atomic mass is 15.4. The fourth-order valence-corrected chi connectivity index (χ4v) is 3.78. The summed E-state index contributed by atoms with van der Waals surface area (Å²) < 4.78 is 1.85. The second-order valence-electron chi connectivity index (χ2n) is 7.24. The molecule has 0 aromatic carbocycles. The van der Waals surface area contributed by atoms with Crippen molar-refractivity contribution in [1.82, 2.24) is 29.6 Å². The molecule has 0 amide bonds. The Kier molecular flexibility index (Phi) is 5.01. The van der Waals surface area contributed by atoms with Gasteiger partial charge in [-0.15, -0.1) is 0 Å². The number of aryl methyl sites for hydroxylation is 2. The van der Waals surface area contributed by atoms with Crippen molar-refractivity contribution in [3.8, 4) is 0 Å². The first kappa shape index (κ1) is 17.2. The van der Waals surface area contributed by atoms with E-state index in [1.807, 2.05) is 18.7 Å². The third-order valence-corrected chi connectivity index (χ3v) is 5.36. The summed E-state index contributed by atoms with van der Waals surface area (Å²) in [7, 11) is 1.95. The molecule has 26 heavy (non-hydrogen) atoms. The topological polar surface area (TPSA) is 66.2 Å². The van der Waals surface area contributed by atoms with Gasteiger partial charge < -0.3 is 9.80 Å². The Balaban J connectivity index is 1.40. The predicted octanol–water partition coefficient (Wildman–Crippen LogP) is 1.23. The fourth-order valence-electron chi connectivity index (χ4n) is 3.78. The molecule has 4 rings (SSSR count). The number of nitrogens with zero attached hydrogens (tertiary/aromatic N) is 8. The monoisotopic (exact) mass is 356 g/mol. The van der Waals surface area contributed by atoms with Crippen LogP contribution < -0.4 is 9.80 Å². The van der Waals surface area contributed by atoms with Crippen molar-refractivity contribution in [2.24, 2.45) is 7.05 Å². The van der Waals surface area contributed by atoms with Crippen LogP contribution in [0.3, 0.4) is 0 Å². The van der Waals surface area contributed by atoms with E-state index in [1.54, 1.807) is 6.33 Å². The number of anilines is 2. The molecule has 0 spiro atoms. The molecule has 0 aliphatic carbocycles. The molecule has 2 aromatic heterocycles. The molecule has 2 aliphatic heterocycles. The largest absolute Gasteiger partial charge is 0.356 e. The van der Waals surface area contributed by atoms with Crippen molar-refractivity contribution in [2.75, 3.05) is 49.1 Å². The molecule has 0 unspecified atom stereocenters. The van der Waals surface area contributed by atoms with E-state index >= 15 is 0 Å². The van der Waals surface area contributed by atoms with Crippen LogP contribution in [-0.2, 0) is 13.6 Å². The minimum atomic E-state index is 0.853. The number of aromatic nitrogens is 5. The third-order valence-electron chi connectivity index (χ3n) is 5.36. The zero-order valence-corrected chi connectivity index (χ0v) is 15.8.